The Bertz CT molecular complexity index is 793. The maximum Gasteiger partial charge on any atom is 0.234 e. The number of hydrogen-bond acceptors (Lipinski definition) is 7. The van der Waals surface area contributed by atoms with Gasteiger partial charge in [0.05, 0.1) is 13.2 Å². The summed E-state index contributed by atoms with van der Waals surface area (Å²) in [5.41, 5.74) is 3.00. The molecule has 8 nitrogen and oxygen atoms in total. The summed E-state index contributed by atoms with van der Waals surface area (Å²) in [5.74, 6) is 1.02. The van der Waals surface area contributed by atoms with Gasteiger partial charge in [-0.1, -0.05) is 0 Å². The van der Waals surface area contributed by atoms with Crippen LogP contribution >= 0.6 is 0 Å². The predicted octanol–water partition coefficient (Wildman–Crippen LogP) is 2.25. The SMILES string of the molecule is COCC(C)NC(=O)CN1CCC(c2cc(Nc3ncccn3)cc(C)n2)CC1. The number of piperidine rings is 1. The molecule has 3 heterocycles. The summed E-state index contributed by atoms with van der Waals surface area (Å²) in [5, 5.41) is 6.22. The lowest BCUT2D eigenvalue weighted by molar-refractivity contribution is -0.123. The fourth-order valence-corrected chi connectivity index (χ4v) is 3.67. The molecule has 1 aliphatic rings. The van der Waals surface area contributed by atoms with Crippen molar-refractivity contribution in [2.24, 2.45) is 0 Å². The number of aryl methyl sites for hydroxylation is 1. The second-order valence-electron chi connectivity index (χ2n) is 7.59. The third-order valence-corrected chi connectivity index (χ3v) is 4.99. The van der Waals surface area contributed by atoms with E-state index >= 15 is 0 Å². The smallest absolute Gasteiger partial charge is 0.234 e. The zero-order chi connectivity index (χ0) is 20.6. The van der Waals surface area contributed by atoms with Gasteiger partial charge in [-0.25, -0.2) is 9.97 Å². The van der Waals surface area contributed by atoms with Gasteiger partial charge in [0.15, 0.2) is 0 Å². The highest BCUT2D eigenvalue weighted by Crippen LogP contribution is 2.29. The molecule has 2 aromatic rings. The van der Waals surface area contributed by atoms with Gasteiger partial charge in [-0.15, -0.1) is 0 Å². The zero-order valence-corrected chi connectivity index (χ0v) is 17.4. The molecule has 3 rings (SSSR count). The molecule has 0 saturated carbocycles. The number of pyridine rings is 1. The molecule has 2 aromatic heterocycles. The molecule has 29 heavy (non-hydrogen) atoms. The van der Waals surface area contributed by atoms with Crippen molar-refractivity contribution in [2.45, 2.75) is 38.6 Å². The van der Waals surface area contributed by atoms with Crippen LogP contribution in [0.1, 0.15) is 37.1 Å². The zero-order valence-electron chi connectivity index (χ0n) is 17.4. The minimum absolute atomic E-state index is 0.0287. The normalized spacial score (nSPS) is 16.4. The maximum atomic E-state index is 12.2. The van der Waals surface area contributed by atoms with Gasteiger partial charge in [0.25, 0.3) is 0 Å². The molecular weight excluding hydrogens is 368 g/mol. The topological polar surface area (TPSA) is 92.3 Å². The number of aromatic nitrogens is 3. The monoisotopic (exact) mass is 398 g/mol. The minimum Gasteiger partial charge on any atom is -0.383 e. The summed E-state index contributed by atoms with van der Waals surface area (Å²) >= 11 is 0. The van der Waals surface area contributed by atoms with Crippen molar-refractivity contribution in [3.8, 4) is 0 Å². The van der Waals surface area contributed by atoms with Crippen molar-refractivity contribution in [1.82, 2.24) is 25.2 Å². The summed E-state index contributed by atoms with van der Waals surface area (Å²) in [6.07, 6.45) is 5.40. The Kier molecular flexibility index (Phi) is 7.48. The van der Waals surface area contributed by atoms with E-state index in [-0.39, 0.29) is 11.9 Å². The van der Waals surface area contributed by atoms with Crippen LogP contribution in [0.25, 0.3) is 0 Å². The van der Waals surface area contributed by atoms with Crippen molar-refractivity contribution in [3.63, 3.8) is 0 Å². The Morgan fingerprint density at radius 2 is 2.00 bits per heavy atom. The first-order valence-electron chi connectivity index (χ1n) is 10.1. The number of carbonyl (C=O) groups is 1. The average Bonchev–Trinajstić information content (AvgIpc) is 2.69. The van der Waals surface area contributed by atoms with Gasteiger partial charge in [-0.05, 0) is 58.0 Å². The van der Waals surface area contributed by atoms with Gasteiger partial charge < -0.3 is 15.4 Å². The average molecular weight is 399 g/mol. The number of likely N-dealkylation sites (tertiary alicyclic amines) is 1. The molecular formula is C21H30N6O2. The number of anilines is 2. The van der Waals surface area contributed by atoms with Crippen molar-refractivity contribution in [2.75, 3.05) is 38.7 Å². The van der Waals surface area contributed by atoms with Crippen LogP contribution in [0.4, 0.5) is 11.6 Å². The molecule has 0 spiro atoms. The molecule has 1 aliphatic heterocycles. The van der Waals surface area contributed by atoms with E-state index in [1.54, 1.807) is 25.6 Å². The summed E-state index contributed by atoms with van der Waals surface area (Å²) < 4.78 is 5.07. The molecule has 0 aromatic carbocycles. The van der Waals surface area contributed by atoms with E-state index in [1.807, 2.05) is 19.9 Å². The minimum atomic E-state index is 0.0287. The Balaban J connectivity index is 1.54. The highest BCUT2D eigenvalue weighted by Gasteiger charge is 2.23. The number of methoxy groups -OCH3 is 1. The molecule has 0 aliphatic carbocycles. The van der Waals surface area contributed by atoms with Crippen LogP contribution in [0, 0.1) is 6.92 Å². The van der Waals surface area contributed by atoms with E-state index in [4.69, 9.17) is 9.72 Å². The first-order chi connectivity index (χ1) is 14.0. The van der Waals surface area contributed by atoms with Crippen LogP contribution in [0.2, 0.25) is 0 Å². The van der Waals surface area contributed by atoms with E-state index in [1.165, 1.54) is 0 Å². The van der Waals surface area contributed by atoms with E-state index in [0.29, 0.717) is 25.0 Å². The lowest BCUT2D eigenvalue weighted by atomic mass is 9.92. The van der Waals surface area contributed by atoms with Crippen LogP contribution in [-0.4, -0.2) is 65.2 Å². The lowest BCUT2D eigenvalue weighted by Gasteiger charge is -2.31. The number of nitrogens with one attached hydrogen (secondary N) is 2. The number of rotatable bonds is 8. The molecule has 2 N–H and O–H groups in total. The van der Waals surface area contributed by atoms with Crippen molar-refractivity contribution in [1.29, 1.82) is 0 Å². The lowest BCUT2D eigenvalue weighted by Crippen LogP contribution is -2.44. The first-order valence-corrected chi connectivity index (χ1v) is 10.1. The van der Waals surface area contributed by atoms with Gasteiger partial charge in [0.2, 0.25) is 11.9 Å². The van der Waals surface area contributed by atoms with Crippen LogP contribution in [0.3, 0.4) is 0 Å². The molecule has 0 radical (unpaired) electrons. The molecule has 1 amide bonds. The highest BCUT2D eigenvalue weighted by atomic mass is 16.5. The molecule has 1 fully saturated rings. The largest absolute Gasteiger partial charge is 0.383 e. The van der Waals surface area contributed by atoms with E-state index < -0.39 is 0 Å². The summed E-state index contributed by atoms with van der Waals surface area (Å²) in [6.45, 7) is 6.68. The van der Waals surface area contributed by atoms with Gasteiger partial charge in [0, 0.05) is 48.5 Å². The first kappa shape index (κ1) is 21.1. The van der Waals surface area contributed by atoms with Crippen molar-refractivity contribution < 1.29 is 9.53 Å². The predicted molar refractivity (Wildman–Crippen MR) is 112 cm³/mol. The van der Waals surface area contributed by atoms with Gasteiger partial charge in [0.1, 0.15) is 0 Å². The molecule has 0 bridgehead atoms. The standard InChI is InChI=1S/C21H30N6O2/c1-15-11-18(26-21-22-7-4-8-23-21)12-19(24-15)17-5-9-27(10-6-17)13-20(28)25-16(2)14-29-3/h4,7-8,11-12,16-17H,5-6,9-10,13-14H2,1-3H3,(H,25,28)(H,22,23,24,26). The second kappa shape index (κ2) is 10.3. The fraction of sp³-hybridized carbons (Fsp3) is 0.524. The Morgan fingerprint density at radius 3 is 2.69 bits per heavy atom. The Labute approximate surface area is 172 Å². The summed E-state index contributed by atoms with van der Waals surface area (Å²) in [4.78, 5) is 27.6. The van der Waals surface area contributed by atoms with Crippen LogP contribution in [0.15, 0.2) is 30.6 Å². The van der Waals surface area contributed by atoms with E-state index in [9.17, 15) is 4.79 Å². The van der Waals surface area contributed by atoms with Gasteiger partial charge >= 0.3 is 0 Å². The third kappa shape index (κ3) is 6.47. The molecule has 1 saturated heterocycles. The quantitative estimate of drug-likeness (QED) is 0.704. The third-order valence-electron chi connectivity index (χ3n) is 4.99. The van der Waals surface area contributed by atoms with Crippen LogP contribution in [0.5, 0.6) is 0 Å². The van der Waals surface area contributed by atoms with Crippen LogP contribution in [-0.2, 0) is 9.53 Å². The second-order valence-corrected chi connectivity index (χ2v) is 7.59. The van der Waals surface area contributed by atoms with Gasteiger partial charge in [-0.2, -0.15) is 0 Å². The number of nitrogens with zero attached hydrogens (tertiary/aromatic N) is 4. The van der Waals surface area contributed by atoms with Crippen molar-refractivity contribution >= 4 is 17.5 Å². The summed E-state index contributed by atoms with van der Waals surface area (Å²) in [7, 11) is 1.64. The van der Waals surface area contributed by atoms with E-state index in [2.05, 4.69) is 31.6 Å². The van der Waals surface area contributed by atoms with Gasteiger partial charge in [-0.3, -0.25) is 14.7 Å². The van der Waals surface area contributed by atoms with Crippen molar-refractivity contribution in [3.05, 3.63) is 42.0 Å². The number of ether oxygens (including phenoxy) is 1. The van der Waals surface area contributed by atoms with Crippen LogP contribution < -0.4 is 10.6 Å². The number of amides is 1. The van der Waals surface area contributed by atoms with E-state index in [0.717, 1.165) is 43.0 Å². The Hall–Kier alpha value is -2.58. The molecule has 156 valence electrons. The number of hydrogen-bond donors (Lipinski definition) is 2. The fourth-order valence-electron chi connectivity index (χ4n) is 3.67. The maximum absolute atomic E-state index is 12.2. The highest BCUT2D eigenvalue weighted by molar-refractivity contribution is 5.78. The summed E-state index contributed by atoms with van der Waals surface area (Å²) in [6, 6.07) is 5.91. The molecule has 8 heteroatoms. The molecule has 1 unspecified atom stereocenters. The Morgan fingerprint density at radius 1 is 1.28 bits per heavy atom. The number of carbonyl (C=O) groups excluding carboxylic acids is 1. The molecule has 1 atom stereocenters.